The van der Waals surface area contributed by atoms with Crippen LogP contribution in [0.2, 0.25) is 5.02 Å². The summed E-state index contributed by atoms with van der Waals surface area (Å²) in [5.41, 5.74) is 7.16. The Morgan fingerprint density at radius 2 is 2.13 bits per heavy atom. The van der Waals surface area contributed by atoms with Crippen LogP contribution in [-0.4, -0.2) is 19.9 Å². The predicted molar refractivity (Wildman–Crippen MR) is 61.9 cm³/mol. The number of halogens is 1. The van der Waals surface area contributed by atoms with Crippen molar-refractivity contribution in [1.29, 1.82) is 0 Å². The smallest absolute Gasteiger partial charge is 0.150 e. The quantitative estimate of drug-likeness (QED) is 0.768. The number of nitrogen functional groups attached to an aromatic ring is 1. The number of nitrogens with two attached hydrogens (primary N) is 1. The van der Waals surface area contributed by atoms with Gasteiger partial charge in [0.05, 0.1) is 22.2 Å². The first-order valence-electron chi connectivity index (χ1n) is 4.73. The van der Waals surface area contributed by atoms with Crippen LogP contribution in [0.3, 0.4) is 0 Å². The number of hydrogen-bond acceptors (Lipinski definition) is 3. The maximum atomic E-state index is 11.3. The van der Waals surface area contributed by atoms with E-state index in [4.69, 9.17) is 17.3 Å². The highest BCUT2D eigenvalue weighted by Gasteiger charge is 2.29. The van der Waals surface area contributed by atoms with Gasteiger partial charge in [-0.2, -0.15) is 0 Å². The summed E-state index contributed by atoms with van der Waals surface area (Å²) in [7, 11) is -2.84. The van der Waals surface area contributed by atoms with Gasteiger partial charge in [0.1, 0.15) is 0 Å². The van der Waals surface area contributed by atoms with Crippen molar-refractivity contribution in [2.75, 3.05) is 17.2 Å². The third kappa shape index (κ3) is 2.26. The van der Waals surface area contributed by atoms with E-state index in [9.17, 15) is 8.42 Å². The molecule has 15 heavy (non-hydrogen) atoms. The summed E-state index contributed by atoms with van der Waals surface area (Å²) in [6.45, 7) is 0. The zero-order valence-electron chi connectivity index (χ0n) is 8.11. The molecule has 82 valence electrons. The number of anilines is 1. The van der Waals surface area contributed by atoms with E-state index in [0.717, 1.165) is 5.56 Å². The molecule has 1 heterocycles. The Morgan fingerprint density at radius 3 is 2.67 bits per heavy atom. The number of sulfone groups is 1. The maximum absolute atomic E-state index is 11.3. The van der Waals surface area contributed by atoms with Gasteiger partial charge >= 0.3 is 0 Å². The number of rotatable bonds is 1. The fourth-order valence-electron chi connectivity index (χ4n) is 1.87. The molecule has 1 saturated heterocycles. The second-order valence-electron chi connectivity index (χ2n) is 3.88. The largest absolute Gasteiger partial charge is 0.398 e. The van der Waals surface area contributed by atoms with Crippen molar-refractivity contribution in [2.24, 2.45) is 0 Å². The maximum Gasteiger partial charge on any atom is 0.150 e. The Balaban J connectivity index is 2.28. The molecule has 1 aromatic carbocycles. The van der Waals surface area contributed by atoms with Gasteiger partial charge in [0, 0.05) is 0 Å². The van der Waals surface area contributed by atoms with Crippen LogP contribution >= 0.6 is 11.6 Å². The zero-order chi connectivity index (χ0) is 11.1. The van der Waals surface area contributed by atoms with Crippen molar-refractivity contribution in [3.8, 4) is 0 Å². The van der Waals surface area contributed by atoms with Gasteiger partial charge in [0.15, 0.2) is 9.84 Å². The van der Waals surface area contributed by atoms with Gasteiger partial charge in [-0.05, 0) is 30.0 Å². The van der Waals surface area contributed by atoms with Gasteiger partial charge in [-0.25, -0.2) is 8.42 Å². The van der Waals surface area contributed by atoms with Gasteiger partial charge in [-0.15, -0.1) is 0 Å². The van der Waals surface area contributed by atoms with Crippen LogP contribution in [0.25, 0.3) is 0 Å². The summed E-state index contributed by atoms with van der Waals surface area (Å²) in [5.74, 6) is 0.587. The monoisotopic (exact) mass is 245 g/mol. The summed E-state index contributed by atoms with van der Waals surface area (Å²) < 4.78 is 22.6. The minimum Gasteiger partial charge on any atom is -0.398 e. The summed E-state index contributed by atoms with van der Waals surface area (Å²) in [6, 6.07) is 5.34. The average Bonchev–Trinajstić information content (AvgIpc) is 2.51. The van der Waals surface area contributed by atoms with Crippen molar-refractivity contribution < 1.29 is 8.42 Å². The Kier molecular flexibility index (Phi) is 2.64. The SMILES string of the molecule is Nc1cc(C2CCS(=O)(=O)C2)ccc1Cl. The Labute approximate surface area is 94.2 Å². The topological polar surface area (TPSA) is 60.2 Å². The molecule has 1 unspecified atom stereocenters. The molecule has 1 aromatic rings. The molecule has 2 N–H and O–H groups in total. The molecule has 0 aromatic heterocycles. The molecule has 0 aliphatic carbocycles. The van der Waals surface area contributed by atoms with Crippen LogP contribution in [0.5, 0.6) is 0 Å². The van der Waals surface area contributed by atoms with Crippen molar-refractivity contribution >= 4 is 27.1 Å². The van der Waals surface area contributed by atoms with E-state index in [0.29, 0.717) is 17.1 Å². The van der Waals surface area contributed by atoms with E-state index >= 15 is 0 Å². The molecule has 1 fully saturated rings. The molecule has 2 rings (SSSR count). The lowest BCUT2D eigenvalue weighted by atomic mass is 9.98. The lowest BCUT2D eigenvalue weighted by Gasteiger charge is -2.09. The minimum absolute atomic E-state index is 0.0783. The third-order valence-electron chi connectivity index (χ3n) is 2.72. The molecule has 0 radical (unpaired) electrons. The van der Waals surface area contributed by atoms with Crippen LogP contribution in [0.1, 0.15) is 17.9 Å². The highest BCUT2D eigenvalue weighted by atomic mass is 35.5. The van der Waals surface area contributed by atoms with Gasteiger partial charge < -0.3 is 5.73 Å². The van der Waals surface area contributed by atoms with Gasteiger partial charge in [-0.3, -0.25) is 0 Å². The third-order valence-corrected chi connectivity index (χ3v) is 4.84. The van der Waals surface area contributed by atoms with Gasteiger partial charge in [0.2, 0.25) is 0 Å². The van der Waals surface area contributed by atoms with Gasteiger partial charge in [0.25, 0.3) is 0 Å². The second-order valence-corrected chi connectivity index (χ2v) is 6.52. The van der Waals surface area contributed by atoms with E-state index in [1.54, 1.807) is 12.1 Å². The fraction of sp³-hybridized carbons (Fsp3) is 0.400. The van der Waals surface area contributed by atoms with E-state index in [1.807, 2.05) is 6.07 Å². The standard InChI is InChI=1S/C10H12ClNO2S/c11-9-2-1-7(5-10(9)12)8-3-4-15(13,14)6-8/h1-2,5,8H,3-4,6,12H2. The molecule has 1 aliphatic heterocycles. The zero-order valence-corrected chi connectivity index (χ0v) is 9.68. The normalized spacial score (nSPS) is 24.2. The first-order valence-corrected chi connectivity index (χ1v) is 6.93. The van der Waals surface area contributed by atoms with Crippen molar-refractivity contribution in [3.63, 3.8) is 0 Å². The molecule has 3 nitrogen and oxygen atoms in total. The van der Waals surface area contributed by atoms with Crippen LogP contribution in [0.4, 0.5) is 5.69 Å². The van der Waals surface area contributed by atoms with Crippen LogP contribution in [-0.2, 0) is 9.84 Å². The van der Waals surface area contributed by atoms with Crippen LogP contribution in [0.15, 0.2) is 18.2 Å². The first-order chi connectivity index (χ1) is 6.98. The lowest BCUT2D eigenvalue weighted by Crippen LogP contribution is -2.04. The predicted octanol–water partition coefficient (Wildman–Crippen LogP) is 1.82. The molecule has 0 spiro atoms. The van der Waals surface area contributed by atoms with Crippen molar-refractivity contribution in [1.82, 2.24) is 0 Å². The lowest BCUT2D eigenvalue weighted by molar-refractivity contribution is 0.601. The molecule has 5 heteroatoms. The molecule has 0 saturated carbocycles. The van der Waals surface area contributed by atoms with Crippen LogP contribution in [0, 0.1) is 0 Å². The Bertz CT molecular complexity index is 484. The highest BCUT2D eigenvalue weighted by Crippen LogP contribution is 2.31. The number of hydrogen-bond donors (Lipinski definition) is 1. The molecule has 0 bridgehead atoms. The molecule has 0 amide bonds. The molecular formula is C10H12ClNO2S. The van der Waals surface area contributed by atoms with Crippen molar-refractivity contribution in [3.05, 3.63) is 28.8 Å². The highest BCUT2D eigenvalue weighted by molar-refractivity contribution is 7.91. The summed E-state index contributed by atoms with van der Waals surface area (Å²) in [5, 5.41) is 0.514. The van der Waals surface area contributed by atoms with E-state index < -0.39 is 9.84 Å². The minimum atomic E-state index is -2.84. The molecule has 1 atom stereocenters. The molecular weight excluding hydrogens is 234 g/mol. The Morgan fingerprint density at radius 1 is 1.40 bits per heavy atom. The van der Waals surface area contributed by atoms with E-state index in [1.165, 1.54) is 0 Å². The fourth-order valence-corrected chi connectivity index (χ4v) is 3.77. The summed E-state index contributed by atoms with van der Waals surface area (Å²) >= 11 is 5.80. The van der Waals surface area contributed by atoms with Crippen molar-refractivity contribution in [2.45, 2.75) is 12.3 Å². The summed E-state index contributed by atoms with van der Waals surface area (Å²) in [4.78, 5) is 0. The Hall–Kier alpha value is -0.740. The average molecular weight is 246 g/mol. The first kappa shape index (κ1) is 10.8. The van der Waals surface area contributed by atoms with Gasteiger partial charge in [-0.1, -0.05) is 17.7 Å². The van der Waals surface area contributed by atoms with Crippen LogP contribution < -0.4 is 5.73 Å². The number of benzene rings is 1. The molecule has 1 aliphatic rings. The van der Waals surface area contributed by atoms with E-state index in [-0.39, 0.29) is 17.4 Å². The second kappa shape index (κ2) is 3.68. The van der Waals surface area contributed by atoms with E-state index in [2.05, 4.69) is 0 Å². The summed E-state index contributed by atoms with van der Waals surface area (Å²) in [6.07, 6.45) is 0.684.